The number of nitrogens with one attached hydrogen (secondary N) is 1. The summed E-state index contributed by atoms with van der Waals surface area (Å²) in [6, 6.07) is 4.98. The van der Waals surface area contributed by atoms with E-state index >= 15 is 0 Å². The molecule has 1 N–H and O–H groups in total. The molecule has 0 bridgehead atoms. The molecule has 0 spiro atoms. The van der Waals surface area contributed by atoms with E-state index in [4.69, 9.17) is 9.47 Å². The van der Waals surface area contributed by atoms with Crippen LogP contribution < -0.4 is 10.1 Å². The van der Waals surface area contributed by atoms with Gasteiger partial charge in [-0.05, 0) is 32.8 Å². The first-order valence-corrected chi connectivity index (χ1v) is 6.23. The van der Waals surface area contributed by atoms with Crippen LogP contribution in [0, 0.1) is 5.82 Å². The molecule has 1 heterocycles. The van der Waals surface area contributed by atoms with Crippen LogP contribution in [-0.4, -0.2) is 25.4 Å². The van der Waals surface area contributed by atoms with Crippen molar-refractivity contribution in [1.82, 2.24) is 0 Å². The highest BCUT2D eigenvalue weighted by atomic mass is 19.1. The van der Waals surface area contributed by atoms with Gasteiger partial charge in [-0.2, -0.15) is 0 Å². The summed E-state index contributed by atoms with van der Waals surface area (Å²) in [6.07, 6.45) is 1.84. The summed E-state index contributed by atoms with van der Waals surface area (Å²) >= 11 is 0. The summed E-state index contributed by atoms with van der Waals surface area (Å²) < 4.78 is 24.1. The summed E-state index contributed by atoms with van der Waals surface area (Å²) in [6.45, 7) is 4.89. The zero-order valence-corrected chi connectivity index (χ0v) is 11.1. The molecule has 0 aromatic heterocycles. The van der Waals surface area contributed by atoms with Crippen LogP contribution in [0.4, 0.5) is 10.1 Å². The van der Waals surface area contributed by atoms with Gasteiger partial charge in [0.1, 0.15) is 11.6 Å². The topological polar surface area (TPSA) is 30.5 Å². The number of benzene rings is 1. The highest BCUT2D eigenvalue weighted by Gasteiger charge is 2.28. The molecule has 100 valence electrons. The van der Waals surface area contributed by atoms with E-state index in [1.807, 2.05) is 6.07 Å². The lowest BCUT2D eigenvalue weighted by Crippen LogP contribution is -2.40. The summed E-state index contributed by atoms with van der Waals surface area (Å²) in [4.78, 5) is 0. The fourth-order valence-corrected chi connectivity index (χ4v) is 2.35. The van der Waals surface area contributed by atoms with Crippen LogP contribution in [0.1, 0.15) is 26.7 Å². The molecule has 1 fully saturated rings. The molecule has 0 amide bonds. The van der Waals surface area contributed by atoms with Crippen molar-refractivity contribution < 1.29 is 13.9 Å². The Morgan fingerprint density at radius 2 is 2.17 bits per heavy atom. The first kappa shape index (κ1) is 13.1. The lowest BCUT2D eigenvalue weighted by molar-refractivity contribution is -0.0553. The Bertz CT molecular complexity index is 420. The van der Waals surface area contributed by atoms with E-state index in [-0.39, 0.29) is 11.4 Å². The second-order valence-electron chi connectivity index (χ2n) is 5.32. The molecule has 1 aliphatic heterocycles. The third-order valence-corrected chi connectivity index (χ3v) is 3.17. The molecule has 4 heteroatoms. The summed E-state index contributed by atoms with van der Waals surface area (Å²) in [7, 11) is 1.54. The minimum absolute atomic E-state index is 0.118. The number of ether oxygens (including phenoxy) is 2. The van der Waals surface area contributed by atoms with Gasteiger partial charge in [-0.1, -0.05) is 0 Å². The average molecular weight is 253 g/mol. The largest absolute Gasteiger partial charge is 0.497 e. The second kappa shape index (κ2) is 5.14. The lowest BCUT2D eigenvalue weighted by atomic mass is 9.94. The van der Waals surface area contributed by atoms with Gasteiger partial charge in [-0.25, -0.2) is 4.39 Å². The standard InChI is InChI=1S/C14H20FNO2/c1-14(2)9-11(4-5-18-14)16-12-6-10(15)7-13(8-12)17-3/h6-8,11,16H,4-5,9H2,1-3H3. The van der Waals surface area contributed by atoms with E-state index in [2.05, 4.69) is 19.2 Å². The van der Waals surface area contributed by atoms with Crippen LogP contribution in [0.25, 0.3) is 0 Å². The molecule has 1 aliphatic rings. The molecule has 0 saturated carbocycles. The van der Waals surface area contributed by atoms with E-state index in [1.54, 1.807) is 0 Å². The first-order chi connectivity index (χ1) is 8.48. The fourth-order valence-electron chi connectivity index (χ4n) is 2.35. The van der Waals surface area contributed by atoms with Gasteiger partial charge in [0.15, 0.2) is 0 Å². The molecule has 1 saturated heterocycles. The maximum Gasteiger partial charge on any atom is 0.128 e. The minimum Gasteiger partial charge on any atom is -0.497 e. The highest BCUT2D eigenvalue weighted by molar-refractivity contribution is 5.49. The number of halogens is 1. The Kier molecular flexibility index (Phi) is 3.76. The monoisotopic (exact) mass is 253 g/mol. The zero-order valence-electron chi connectivity index (χ0n) is 11.1. The van der Waals surface area contributed by atoms with Gasteiger partial charge >= 0.3 is 0 Å². The van der Waals surface area contributed by atoms with E-state index in [1.165, 1.54) is 19.2 Å². The smallest absolute Gasteiger partial charge is 0.128 e. The maximum atomic E-state index is 13.4. The van der Waals surface area contributed by atoms with Crippen LogP contribution in [0.5, 0.6) is 5.75 Å². The summed E-state index contributed by atoms with van der Waals surface area (Å²) in [5, 5.41) is 3.35. The van der Waals surface area contributed by atoms with E-state index in [0.717, 1.165) is 25.1 Å². The summed E-state index contributed by atoms with van der Waals surface area (Å²) in [5.41, 5.74) is 0.641. The molecule has 1 aromatic rings. The van der Waals surface area contributed by atoms with Crippen molar-refractivity contribution in [1.29, 1.82) is 0 Å². The van der Waals surface area contributed by atoms with Crippen LogP contribution in [0.3, 0.4) is 0 Å². The molecule has 1 aromatic carbocycles. The SMILES string of the molecule is COc1cc(F)cc(NC2CCOC(C)(C)C2)c1. The van der Waals surface area contributed by atoms with Gasteiger partial charge in [-0.15, -0.1) is 0 Å². The summed E-state index contributed by atoms with van der Waals surface area (Å²) in [5.74, 6) is 0.243. The van der Waals surface area contributed by atoms with Crippen molar-refractivity contribution >= 4 is 5.69 Å². The van der Waals surface area contributed by atoms with E-state index in [9.17, 15) is 4.39 Å². The molecule has 18 heavy (non-hydrogen) atoms. The van der Waals surface area contributed by atoms with Gasteiger partial charge in [0.05, 0.1) is 12.7 Å². The van der Waals surface area contributed by atoms with Gasteiger partial charge in [-0.3, -0.25) is 0 Å². The van der Waals surface area contributed by atoms with E-state index < -0.39 is 0 Å². The Morgan fingerprint density at radius 1 is 1.39 bits per heavy atom. The number of hydrogen-bond donors (Lipinski definition) is 1. The van der Waals surface area contributed by atoms with Crippen molar-refractivity contribution in [2.24, 2.45) is 0 Å². The Hall–Kier alpha value is -1.29. The zero-order chi connectivity index (χ0) is 13.2. The highest BCUT2D eigenvalue weighted by Crippen LogP contribution is 2.28. The lowest BCUT2D eigenvalue weighted by Gasteiger charge is -2.36. The molecule has 2 rings (SSSR count). The second-order valence-corrected chi connectivity index (χ2v) is 5.32. The fraction of sp³-hybridized carbons (Fsp3) is 0.571. The molecule has 1 atom stereocenters. The van der Waals surface area contributed by atoms with Crippen LogP contribution >= 0.6 is 0 Å². The van der Waals surface area contributed by atoms with Crippen LogP contribution in [-0.2, 0) is 4.74 Å². The minimum atomic E-state index is -0.289. The van der Waals surface area contributed by atoms with Gasteiger partial charge in [0.2, 0.25) is 0 Å². The molecule has 0 aliphatic carbocycles. The Balaban J connectivity index is 2.07. The number of anilines is 1. The van der Waals surface area contributed by atoms with Gasteiger partial charge in [0, 0.05) is 30.5 Å². The Labute approximate surface area is 107 Å². The third kappa shape index (κ3) is 3.35. The van der Waals surface area contributed by atoms with Gasteiger partial charge in [0.25, 0.3) is 0 Å². The average Bonchev–Trinajstić information content (AvgIpc) is 2.26. The van der Waals surface area contributed by atoms with Crippen molar-refractivity contribution in [3.05, 3.63) is 24.0 Å². The predicted molar refractivity (Wildman–Crippen MR) is 69.6 cm³/mol. The Morgan fingerprint density at radius 3 is 2.83 bits per heavy atom. The molecule has 0 radical (unpaired) electrons. The third-order valence-electron chi connectivity index (χ3n) is 3.17. The number of hydrogen-bond acceptors (Lipinski definition) is 3. The molecule has 1 unspecified atom stereocenters. The van der Waals surface area contributed by atoms with E-state index in [0.29, 0.717) is 11.8 Å². The number of rotatable bonds is 3. The quantitative estimate of drug-likeness (QED) is 0.897. The molecular formula is C14H20FNO2. The molecular weight excluding hydrogens is 233 g/mol. The number of methoxy groups -OCH3 is 1. The first-order valence-electron chi connectivity index (χ1n) is 6.23. The van der Waals surface area contributed by atoms with Crippen LogP contribution in [0.15, 0.2) is 18.2 Å². The van der Waals surface area contributed by atoms with Crippen molar-refractivity contribution in [2.45, 2.75) is 38.3 Å². The van der Waals surface area contributed by atoms with Crippen LogP contribution in [0.2, 0.25) is 0 Å². The van der Waals surface area contributed by atoms with Crippen molar-refractivity contribution in [3.8, 4) is 5.75 Å². The maximum absolute atomic E-state index is 13.4. The van der Waals surface area contributed by atoms with Crippen molar-refractivity contribution in [3.63, 3.8) is 0 Å². The van der Waals surface area contributed by atoms with Gasteiger partial charge < -0.3 is 14.8 Å². The molecule has 3 nitrogen and oxygen atoms in total. The normalized spacial score (nSPS) is 22.6. The van der Waals surface area contributed by atoms with Crippen molar-refractivity contribution in [2.75, 3.05) is 19.0 Å². The predicted octanol–water partition coefficient (Wildman–Crippen LogP) is 3.20.